The maximum atomic E-state index is 11.6. The molecule has 0 radical (unpaired) electrons. The molecule has 5 nitrogen and oxygen atoms in total. The van der Waals surface area contributed by atoms with Crippen LogP contribution in [0.3, 0.4) is 0 Å². The van der Waals surface area contributed by atoms with Crippen LogP contribution in [0.1, 0.15) is 13.3 Å². The van der Waals surface area contributed by atoms with Crippen molar-refractivity contribution in [3.05, 3.63) is 12.4 Å². The van der Waals surface area contributed by atoms with Gasteiger partial charge in [-0.2, -0.15) is 5.10 Å². The molecule has 1 atom stereocenters. The van der Waals surface area contributed by atoms with Crippen molar-refractivity contribution < 1.29 is 9.90 Å². The van der Waals surface area contributed by atoms with Crippen molar-refractivity contribution in [3.63, 3.8) is 0 Å². The number of hydrogen-bond donors (Lipinski definition) is 1. The summed E-state index contributed by atoms with van der Waals surface area (Å²) < 4.78 is 1.64. The summed E-state index contributed by atoms with van der Waals surface area (Å²) in [5, 5.41) is 12.8. The van der Waals surface area contributed by atoms with Crippen molar-refractivity contribution >= 4 is 11.6 Å². The van der Waals surface area contributed by atoms with Gasteiger partial charge in [0, 0.05) is 19.2 Å². The van der Waals surface area contributed by atoms with E-state index in [0.29, 0.717) is 18.9 Å². The molecule has 0 saturated carbocycles. The van der Waals surface area contributed by atoms with Crippen molar-refractivity contribution in [1.82, 2.24) is 9.78 Å². The van der Waals surface area contributed by atoms with Crippen LogP contribution in [-0.4, -0.2) is 33.9 Å². The van der Waals surface area contributed by atoms with Crippen LogP contribution in [0.5, 0.6) is 0 Å². The Balaban J connectivity index is 2.12. The largest absolute Gasteiger partial charge is 0.394 e. The first-order valence-corrected chi connectivity index (χ1v) is 5.14. The molecule has 1 aromatic heterocycles. The number of nitrogens with zero attached hydrogens (tertiary/aromatic N) is 3. The number of aromatic nitrogens is 2. The molecular weight excluding hydrogens is 194 g/mol. The summed E-state index contributed by atoms with van der Waals surface area (Å²) in [5.74, 6) is 0.574. The molecular formula is C10H15N3O2. The number of anilines is 1. The number of aliphatic hydroxyl groups is 1. The summed E-state index contributed by atoms with van der Waals surface area (Å²) in [4.78, 5) is 13.3. The Kier molecular flexibility index (Phi) is 2.73. The lowest BCUT2D eigenvalue weighted by atomic mass is 10.2. The lowest BCUT2D eigenvalue weighted by Crippen LogP contribution is -2.23. The van der Waals surface area contributed by atoms with Gasteiger partial charge in [-0.15, -0.1) is 0 Å². The fourth-order valence-electron chi connectivity index (χ4n) is 1.85. The molecule has 0 aliphatic carbocycles. The molecule has 15 heavy (non-hydrogen) atoms. The van der Waals surface area contributed by atoms with Crippen LogP contribution in [0.15, 0.2) is 12.4 Å². The minimum Gasteiger partial charge on any atom is -0.394 e. The number of carbonyl (C=O) groups excluding carboxylic acids is 1. The highest BCUT2D eigenvalue weighted by Gasteiger charge is 2.28. The third-order valence-corrected chi connectivity index (χ3v) is 2.58. The molecule has 1 unspecified atom stereocenters. The van der Waals surface area contributed by atoms with Crippen molar-refractivity contribution in [2.75, 3.05) is 18.1 Å². The van der Waals surface area contributed by atoms with Gasteiger partial charge in [0.25, 0.3) is 0 Å². The first-order chi connectivity index (χ1) is 7.20. The van der Waals surface area contributed by atoms with Crippen molar-refractivity contribution in [1.29, 1.82) is 0 Å². The summed E-state index contributed by atoms with van der Waals surface area (Å²) in [7, 11) is 0. The Morgan fingerprint density at radius 1 is 1.67 bits per heavy atom. The molecule has 0 aromatic carbocycles. The molecule has 0 spiro atoms. The average Bonchev–Trinajstić information content (AvgIpc) is 2.73. The summed E-state index contributed by atoms with van der Waals surface area (Å²) in [6, 6.07) is 0. The van der Waals surface area contributed by atoms with E-state index >= 15 is 0 Å². The molecule has 1 aliphatic heterocycles. The molecule has 1 fully saturated rings. The molecule has 1 aliphatic rings. The van der Waals surface area contributed by atoms with E-state index in [1.807, 2.05) is 0 Å². The zero-order valence-electron chi connectivity index (χ0n) is 8.76. The molecule has 2 heterocycles. The van der Waals surface area contributed by atoms with Crippen LogP contribution < -0.4 is 4.90 Å². The Morgan fingerprint density at radius 2 is 2.47 bits per heavy atom. The highest BCUT2D eigenvalue weighted by Crippen LogP contribution is 2.23. The van der Waals surface area contributed by atoms with Gasteiger partial charge in [0.05, 0.1) is 25.0 Å². The predicted molar refractivity (Wildman–Crippen MR) is 55.4 cm³/mol. The Morgan fingerprint density at radius 3 is 3.07 bits per heavy atom. The number of carbonyl (C=O) groups is 1. The second-order valence-corrected chi connectivity index (χ2v) is 4.00. The van der Waals surface area contributed by atoms with Gasteiger partial charge in [-0.05, 0) is 5.92 Å². The van der Waals surface area contributed by atoms with Crippen molar-refractivity contribution in [3.8, 4) is 0 Å². The molecule has 0 bridgehead atoms. The summed E-state index contributed by atoms with van der Waals surface area (Å²) in [6.07, 6.45) is 4.09. The van der Waals surface area contributed by atoms with E-state index in [2.05, 4.69) is 12.0 Å². The van der Waals surface area contributed by atoms with Crippen LogP contribution in [0.4, 0.5) is 5.69 Å². The molecule has 1 N–H and O–H groups in total. The second kappa shape index (κ2) is 4.02. The standard InChI is InChI=1S/C10H15N3O2/c1-8-4-10(15)13(6-8)9-5-11-12(7-9)2-3-14/h5,7-8,14H,2-4,6H2,1H3. The monoisotopic (exact) mass is 209 g/mol. The van der Waals surface area contributed by atoms with Crippen molar-refractivity contribution in [2.24, 2.45) is 5.92 Å². The van der Waals surface area contributed by atoms with Gasteiger partial charge in [0.15, 0.2) is 0 Å². The first kappa shape index (κ1) is 10.2. The van der Waals surface area contributed by atoms with E-state index in [1.165, 1.54) is 0 Å². The smallest absolute Gasteiger partial charge is 0.227 e. The van der Waals surface area contributed by atoms with E-state index in [9.17, 15) is 4.79 Å². The van der Waals surface area contributed by atoms with Crippen LogP contribution in [0.2, 0.25) is 0 Å². The zero-order valence-corrected chi connectivity index (χ0v) is 8.76. The van der Waals surface area contributed by atoms with Gasteiger partial charge < -0.3 is 10.0 Å². The quantitative estimate of drug-likeness (QED) is 0.776. The molecule has 2 rings (SSSR count). The number of hydrogen-bond acceptors (Lipinski definition) is 3. The van der Waals surface area contributed by atoms with Gasteiger partial charge in [0.2, 0.25) is 5.91 Å². The number of rotatable bonds is 3. The van der Waals surface area contributed by atoms with Crippen molar-refractivity contribution in [2.45, 2.75) is 19.9 Å². The van der Waals surface area contributed by atoms with Gasteiger partial charge in [-0.1, -0.05) is 6.92 Å². The normalized spacial score (nSPS) is 21.3. The van der Waals surface area contributed by atoms with E-state index < -0.39 is 0 Å². The van der Waals surface area contributed by atoms with Gasteiger partial charge in [-0.3, -0.25) is 9.48 Å². The van der Waals surface area contributed by atoms with E-state index in [-0.39, 0.29) is 12.5 Å². The molecule has 1 saturated heterocycles. The lowest BCUT2D eigenvalue weighted by molar-refractivity contribution is -0.117. The van der Waals surface area contributed by atoms with Crippen LogP contribution in [-0.2, 0) is 11.3 Å². The average molecular weight is 209 g/mol. The topological polar surface area (TPSA) is 58.4 Å². The second-order valence-electron chi connectivity index (χ2n) is 4.00. The summed E-state index contributed by atoms with van der Waals surface area (Å²) in [5.41, 5.74) is 0.831. The summed E-state index contributed by atoms with van der Waals surface area (Å²) >= 11 is 0. The van der Waals surface area contributed by atoms with Crippen LogP contribution >= 0.6 is 0 Å². The minimum absolute atomic E-state index is 0.0610. The molecule has 82 valence electrons. The molecule has 5 heteroatoms. The zero-order chi connectivity index (χ0) is 10.8. The highest BCUT2D eigenvalue weighted by atomic mass is 16.3. The Hall–Kier alpha value is -1.36. The van der Waals surface area contributed by atoms with Gasteiger partial charge in [0.1, 0.15) is 0 Å². The van der Waals surface area contributed by atoms with Crippen LogP contribution in [0, 0.1) is 5.92 Å². The fraction of sp³-hybridized carbons (Fsp3) is 0.600. The third kappa shape index (κ3) is 2.02. The number of aliphatic hydroxyl groups excluding tert-OH is 1. The predicted octanol–water partition coefficient (Wildman–Crippen LogP) is 0.248. The van der Waals surface area contributed by atoms with E-state index in [1.54, 1.807) is 22.0 Å². The Bertz CT molecular complexity index is 361. The highest BCUT2D eigenvalue weighted by molar-refractivity contribution is 5.95. The Labute approximate surface area is 88.3 Å². The molecule has 1 aromatic rings. The van der Waals surface area contributed by atoms with Gasteiger partial charge in [-0.25, -0.2) is 0 Å². The van der Waals surface area contributed by atoms with Crippen LogP contribution in [0.25, 0.3) is 0 Å². The number of amides is 1. The minimum atomic E-state index is 0.0610. The van der Waals surface area contributed by atoms with E-state index in [0.717, 1.165) is 12.2 Å². The fourth-order valence-corrected chi connectivity index (χ4v) is 1.85. The SMILES string of the molecule is CC1CC(=O)N(c2cnn(CCO)c2)C1. The maximum Gasteiger partial charge on any atom is 0.227 e. The first-order valence-electron chi connectivity index (χ1n) is 5.14. The third-order valence-electron chi connectivity index (χ3n) is 2.58. The molecule has 1 amide bonds. The summed E-state index contributed by atoms with van der Waals surface area (Å²) in [6.45, 7) is 3.36. The lowest BCUT2D eigenvalue weighted by Gasteiger charge is -2.12. The maximum absolute atomic E-state index is 11.6. The van der Waals surface area contributed by atoms with Gasteiger partial charge >= 0.3 is 0 Å². The van der Waals surface area contributed by atoms with E-state index in [4.69, 9.17) is 5.11 Å².